The number of para-hydroxylation sites is 1. The van der Waals surface area contributed by atoms with Gasteiger partial charge in [0.2, 0.25) is 0 Å². The van der Waals surface area contributed by atoms with Gasteiger partial charge in [0.1, 0.15) is 0 Å². The number of allylic oxidation sites excluding steroid dienone is 2. The fourth-order valence-corrected chi connectivity index (χ4v) is 3.77. The van der Waals surface area contributed by atoms with Crippen LogP contribution in [-0.2, 0) is 6.42 Å². The van der Waals surface area contributed by atoms with Gasteiger partial charge in [-0.3, -0.25) is 0 Å². The Morgan fingerprint density at radius 1 is 0.917 bits per heavy atom. The highest BCUT2D eigenvalue weighted by atomic mass is 15.2. The van der Waals surface area contributed by atoms with E-state index in [9.17, 15) is 0 Å². The number of fused-ring (bicyclic) bond motifs is 1. The number of hydrogen-bond donors (Lipinski definition) is 0. The molecule has 2 aromatic carbocycles. The van der Waals surface area contributed by atoms with Gasteiger partial charge in [-0.25, -0.2) is 0 Å². The third-order valence-corrected chi connectivity index (χ3v) is 4.98. The van der Waals surface area contributed by atoms with E-state index in [-0.39, 0.29) is 0 Å². The summed E-state index contributed by atoms with van der Waals surface area (Å²) >= 11 is 0. The highest BCUT2D eigenvalue weighted by Gasteiger charge is 2.31. The zero-order valence-corrected chi connectivity index (χ0v) is 14.7. The molecule has 1 aliphatic carbocycles. The normalized spacial score (nSPS) is 16.1. The predicted octanol–water partition coefficient (Wildman–Crippen LogP) is 6.42. The molecule has 4 rings (SSSR count). The standard InChI is InChI=1S/C23H25N/c1-3-9-17-10-8-11-19-16-20(4-2)24(21-12-6-5-7-13-21)23(22(17)19)18-14-15-18/h5-8,10-13,16H,3-4,9,14-15H2,1-2H3. The van der Waals surface area contributed by atoms with E-state index in [1.165, 1.54) is 53.0 Å². The second-order valence-electron chi connectivity index (χ2n) is 6.74. The minimum Gasteiger partial charge on any atom is -0.314 e. The number of hydrogen-bond acceptors (Lipinski definition) is 1. The zero-order valence-electron chi connectivity index (χ0n) is 14.7. The van der Waals surface area contributed by atoms with Crippen LogP contribution in [0.25, 0.3) is 11.8 Å². The van der Waals surface area contributed by atoms with E-state index in [0.717, 1.165) is 12.8 Å². The molecule has 0 radical (unpaired) electrons. The third kappa shape index (κ3) is 2.58. The Bertz CT molecular complexity index is 805. The van der Waals surface area contributed by atoms with Gasteiger partial charge in [0.05, 0.1) is 5.70 Å². The minimum atomic E-state index is 1.04. The Kier molecular flexibility index (Phi) is 4.02. The van der Waals surface area contributed by atoms with E-state index in [4.69, 9.17) is 0 Å². The summed E-state index contributed by atoms with van der Waals surface area (Å²) in [7, 11) is 0. The zero-order chi connectivity index (χ0) is 16.5. The lowest BCUT2D eigenvalue weighted by molar-refractivity contribution is 0.912. The van der Waals surface area contributed by atoms with Crippen LogP contribution < -0.4 is 4.90 Å². The molecule has 0 amide bonds. The average Bonchev–Trinajstić information content (AvgIpc) is 3.46. The van der Waals surface area contributed by atoms with E-state index >= 15 is 0 Å². The number of benzene rings is 2. The molecule has 0 N–H and O–H groups in total. The Morgan fingerprint density at radius 2 is 1.71 bits per heavy atom. The highest BCUT2D eigenvalue weighted by Crippen LogP contribution is 2.47. The first-order chi connectivity index (χ1) is 11.8. The van der Waals surface area contributed by atoms with Crippen molar-refractivity contribution in [1.82, 2.24) is 0 Å². The molecule has 2 aromatic rings. The first-order valence-electron chi connectivity index (χ1n) is 9.23. The van der Waals surface area contributed by atoms with Crippen molar-refractivity contribution < 1.29 is 0 Å². The molecule has 1 heteroatoms. The van der Waals surface area contributed by atoms with Crippen molar-refractivity contribution in [3.05, 3.63) is 76.5 Å². The molecule has 0 saturated heterocycles. The first kappa shape index (κ1) is 15.3. The largest absolute Gasteiger partial charge is 0.314 e. The van der Waals surface area contributed by atoms with Crippen LogP contribution >= 0.6 is 0 Å². The van der Waals surface area contributed by atoms with Gasteiger partial charge in [-0.1, -0.05) is 56.7 Å². The van der Waals surface area contributed by atoms with Crippen molar-refractivity contribution in [2.75, 3.05) is 4.90 Å². The van der Waals surface area contributed by atoms with E-state index in [1.807, 2.05) is 0 Å². The van der Waals surface area contributed by atoms with Crippen LogP contribution in [0.15, 0.2) is 59.8 Å². The van der Waals surface area contributed by atoms with Crippen molar-refractivity contribution in [3.63, 3.8) is 0 Å². The number of anilines is 1. The van der Waals surface area contributed by atoms with Gasteiger partial charge >= 0.3 is 0 Å². The Labute approximate surface area is 145 Å². The quantitative estimate of drug-likeness (QED) is 0.629. The predicted molar refractivity (Wildman–Crippen MR) is 104 cm³/mol. The summed E-state index contributed by atoms with van der Waals surface area (Å²) in [5, 5.41) is 0. The molecule has 0 spiro atoms. The molecule has 1 heterocycles. The van der Waals surface area contributed by atoms with Crippen LogP contribution in [0.1, 0.15) is 56.2 Å². The number of aryl methyl sites for hydroxylation is 1. The molecule has 122 valence electrons. The van der Waals surface area contributed by atoms with Gasteiger partial charge in [-0.2, -0.15) is 0 Å². The summed E-state index contributed by atoms with van der Waals surface area (Å²) in [5.74, 6) is 0. The summed E-state index contributed by atoms with van der Waals surface area (Å²) in [6.07, 6.45) is 8.27. The van der Waals surface area contributed by atoms with Gasteiger partial charge in [0, 0.05) is 16.9 Å². The highest BCUT2D eigenvalue weighted by molar-refractivity contribution is 5.95. The minimum absolute atomic E-state index is 1.04. The van der Waals surface area contributed by atoms with Gasteiger partial charge < -0.3 is 4.90 Å². The van der Waals surface area contributed by atoms with Gasteiger partial charge in [0.25, 0.3) is 0 Å². The Balaban J connectivity index is 1.96. The second kappa shape index (κ2) is 6.32. The number of nitrogens with zero attached hydrogens (tertiary/aromatic N) is 1. The van der Waals surface area contributed by atoms with E-state index in [2.05, 4.69) is 73.4 Å². The Morgan fingerprint density at radius 3 is 2.38 bits per heavy atom. The molecule has 24 heavy (non-hydrogen) atoms. The Hall–Kier alpha value is -2.28. The third-order valence-electron chi connectivity index (χ3n) is 4.98. The second-order valence-corrected chi connectivity index (χ2v) is 6.74. The van der Waals surface area contributed by atoms with Gasteiger partial charge in [0.15, 0.2) is 0 Å². The molecular weight excluding hydrogens is 290 g/mol. The first-order valence-corrected chi connectivity index (χ1v) is 9.23. The van der Waals surface area contributed by atoms with Crippen molar-refractivity contribution in [2.24, 2.45) is 0 Å². The summed E-state index contributed by atoms with van der Waals surface area (Å²) in [6.45, 7) is 4.53. The van der Waals surface area contributed by atoms with E-state index in [0.29, 0.717) is 0 Å². The number of rotatable bonds is 4. The van der Waals surface area contributed by atoms with Crippen molar-refractivity contribution >= 4 is 17.5 Å². The molecule has 1 nitrogen and oxygen atoms in total. The fourth-order valence-electron chi connectivity index (χ4n) is 3.77. The monoisotopic (exact) mass is 315 g/mol. The van der Waals surface area contributed by atoms with Crippen molar-refractivity contribution in [1.29, 1.82) is 0 Å². The molecule has 0 bridgehead atoms. The lowest BCUT2D eigenvalue weighted by atomic mass is 9.89. The summed E-state index contributed by atoms with van der Waals surface area (Å²) in [4.78, 5) is 2.52. The lowest BCUT2D eigenvalue weighted by Gasteiger charge is -2.35. The molecule has 0 atom stereocenters. The van der Waals surface area contributed by atoms with Crippen molar-refractivity contribution in [3.8, 4) is 0 Å². The van der Waals surface area contributed by atoms with Crippen LogP contribution in [0, 0.1) is 0 Å². The van der Waals surface area contributed by atoms with Crippen LogP contribution in [0.4, 0.5) is 5.69 Å². The molecule has 1 aliphatic heterocycles. The van der Waals surface area contributed by atoms with Crippen LogP contribution in [0.5, 0.6) is 0 Å². The maximum absolute atomic E-state index is 2.52. The smallest absolute Gasteiger partial charge is 0.0531 e. The SMILES string of the molecule is CCCc1cccc2c1C(=C1CC1)N(c1ccccc1)C(CC)=C2. The van der Waals surface area contributed by atoms with Crippen LogP contribution in [-0.4, -0.2) is 0 Å². The van der Waals surface area contributed by atoms with Crippen LogP contribution in [0.3, 0.4) is 0 Å². The molecule has 0 unspecified atom stereocenters. The fraction of sp³-hybridized carbons (Fsp3) is 0.304. The van der Waals surface area contributed by atoms with Crippen LogP contribution in [0.2, 0.25) is 0 Å². The lowest BCUT2D eigenvalue weighted by Crippen LogP contribution is -2.25. The van der Waals surface area contributed by atoms with Crippen molar-refractivity contribution in [2.45, 2.75) is 46.0 Å². The molecule has 2 aliphatic rings. The molecule has 0 aromatic heterocycles. The molecular formula is C23H25N. The van der Waals surface area contributed by atoms with E-state index in [1.54, 1.807) is 5.57 Å². The summed E-state index contributed by atoms with van der Waals surface area (Å²) in [5.41, 5.74) is 10.2. The average molecular weight is 315 g/mol. The summed E-state index contributed by atoms with van der Waals surface area (Å²) in [6, 6.07) is 17.7. The maximum Gasteiger partial charge on any atom is 0.0531 e. The maximum atomic E-state index is 2.52. The van der Waals surface area contributed by atoms with Gasteiger partial charge in [-0.05, 0) is 60.6 Å². The summed E-state index contributed by atoms with van der Waals surface area (Å²) < 4.78 is 0. The molecule has 1 saturated carbocycles. The molecule has 1 fully saturated rings. The van der Waals surface area contributed by atoms with E-state index < -0.39 is 0 Å². The van der Waals surface area contributed by atoms with Gasteiger partial charge in [-0.15, -0.1) is 0 Å². The topological polar surface area (TPSA) is 3.24 Å².